The van der Waals surface area contributed by atoms with Crippen LogP contribution in [0, 0.1) is 5.82 Å². The van der Waals surface area contributed by atoms with Crippen molar-refractivity contribution in [1.82, 2.24) is 9.88 Å². The number of hydrogen-bond donors (Lipinski definition) is 1. The van der Waals surface area contributed by atoms with Crippen molar-refractivity contribution in [3.8, 4) is 0 Å². The van der Waals surface area contributed by atoms with Gasteiger partial charge in [0.2, 0.25) is 0 Å². The lowest BCUT2D eigenvalue weighted by molar-refractivity contribution is 0.0927. The number of aromatic nitrogens is 1. The van der Waals surface area contributed by atoms with E-state index in [9.17, 15) is 9.18 Å². The van der Waals surface area contributed by atoms with Crippen molar-refractivity contribution >= 4 is 25.1 Å². The van der Waals surface area contributed by atoms with Gasteiger partial charge in [-0.25, -0.2) is 4.39 Å². The lowest BCUT2D eigenvalue weighted by Crippen LogP contribution is -2.41. The SMILES string of the molecule is CC(C)(C)[Si](C)(C)OCCc1c2n(c3ccc(F)cc13)CCNC2=O. The monoisotopic (exact) mass is 362 g/mol. The molecule has 1 aromatic carbocycles. The molecule has 4 nitrogen and oxygen atoms in total. The number of rotatable bonds is 4. The van der Waals surface area contributed by atoms with Crippen molar-refractivity contribution in [1.29, 1.82) is 0 Å². The average Bonchev–Trinajstić information content (AvgIpc) is 2.81. The number of fused-ring (bicyclic) bond motifs is 3. The number of carbonyl (C=O) groups is 1. The molecule has 3 rings (SSSR count). The highest BCUT2D eigenvalue weighted by Crippen LogP contribution is 2.37. The molecule has 0 aliphatic carbocycles. The fourth-order valence-corrected chi connectivity index (χ4v) is 4.18. The first-order valence-electron chi connectivity index (χ1n) is 8.84. The van der Waals surface area contributed by atoms with Crippen molar-refractivity contribution in [2.24, 2.45) is 0 Å². The topological polar surface area (TPSA) is 43.3 Å². The van der Waals surface area contributed by atoms with Gasteiger partial charge in [-0.05, 0) is 48.3 Å². The molecule has 0 fully saturated rings. The fourth-order valence-electron chi connectivity index (χ4n) is 3.13. The third kappa shape index (κ3) is 3.25. The van der Waals surface area contributed by atoms with Gasteiger partial charge < -0.3 is 14.3 Å². The van der Waals surface area contributed by atoms with E-state index in [4.69, 9.17) is 4.43 Å². The van der Waals surface area contributed by atoms with Gasteiger partial charge in [0.25, 0.3) is 5.91 Å². The highest BCUT2D eigenvalue weighted by molar-refractivity contribution is 6.74. The van der Waals surface area contributed by atoms with Gasteiger partial charge in [0, 0.05) is 30.6 Å². The molecule has 25 heavy (non-hydrogen) atoms. The molecule has 1 amide bonds. The van der Waals surface area contributed by atoms with Crippen LogP contribution in [0.25, 0.3) is 10.9 Å². The lowest BCUT2D eigenvalue weighted by atomic mass is 10.1. The van der Waals surface area contributed by atoms with E-state index in [1.54, 1.807) is 6.07 Å². The highest BCUT2D eigenvalue weighted by atomic mass is 28.4. The molecule has 0 radical (unpaired) electrons. The Bertz CT molecular complexity index is 821. The molecule has 0 unspecified atom stereocenters. The molecule has 6 heteroatoms. The number of amides is 1. The van der Waals surface area contributed by atoms with Crippen LogP contribution in [0.2, 0.25) is 18.1 Å². The van der Waals surface area contributed by atoms with E-state index in [-0.39, 0.29) is 16.8 Å². The van der Waals surface area contributed by atoms with Gasteiger partial charge in [-0.15, -0.1) is 0 Å². The maximum absolute atomic E-state index is 13.8. The number of nitrogens with zero attached hydrogens (tertiary/aromatic N) is 1. The summed E-state index contributed by atoms with van der Waals surface area (Å²) < 4.78 is 22.1. The smallest absolute Gasteiger partial charge is 0.268 e. The molecule has 0 bridgehead atoms. The second-order valence-corrected chi connectivity index (χ2v) is 13.1. The number of carbonyl (C=O) groups excluding carboxylic acids is 1. The molecule has 136 valence electrons. The summed E-state index contributed by atoms with van der Waals surface area (Å²) in [4.78, 5) is 12.4. The molecule has 2 aromatic rings. The summed E-state index contributed by atoms with van der Waals surface area (Å²) in [5.74, 6) is -0.354. The predicted octanol–water partition coefficient (Wildman–Crippen LogP) is 4.09. The van der Waals surface area contributed by atoms with Crippen LogP contribution >= 0.6 is 0 Å². The van der Waals surface area contributed by atoms with Crippen molar-refractivity contribution in [3.63, 3.8) is 0 Å². The minimum atomic E-state index is -1.85. The summed E-state index contributed by atoms with van der Waals surface area (Å²) in [6.07, 6.45) is 0.613. The third-order valence-corrected chi connectivity index (χ3v) is 10.1. The zero-order valence-corrected chi connectivity index (χ0v) is 16.7. The Morgan fingerprint density at radius 2 is 2.04 bits per heavy atom. The van der Waals surface area contributed by atoms with E-state index in [0.29, 0.717) is 31.8 Å². The van der Waals surface area contributed by atoms with E-state index in [2.05, 4.69) is 39.2 Å². The highest BCUT2D eigenvalue weighted by Gasteiger charge is 2.37. The van der Waals surface area contributed by atoms with Crippen LogP contribution in [0.4, 0.5) is 4.39 Å². The minimum absolute atomic E-state index is 0.0785. The summed E-state index contributed by atoms with van der Waals surface area (Å²) in [5.41, 5.74) is 2.48. The quantitative estimate of drug-likeness (QED) is 0.833. The maximum Gasteiger partial charge on any atom is 0.268 e. The molecule has 1 aliphatic heterocycles. The zero-order valence-electron chi connectivity index (χ0n) is 15.7. The second kappa shape index (κ2) is 6.25. The molecular formula is C19H27FN2O2Si. The van der Waals surface area contributed by atoms with Gasteiger partial charge in [0.15, 0.2) is 8.32 Å². The van der Waals surface area contributed by atoms with Crippen LogP contribution < -0.4 is 5.32 Å². The number of benzene rings is 1. The summed E-state index contributed by atoms with van der Waals surface area (Å²) in [5, 5.41) is 3.86. The first-order chi connectivity index (χ1) is 11.6. The standard InChI is InChI=1S/C19H27FN2O2Si/c1-19(2,3)25(4,5)24-11-8-14-15-12-13(20)6-7-16(15)22-10-9-21-18(23)17(14)22/h6-7,12H,8-11H2,1-5H3,(H,21,23). The fraction of sp³-hybridized carbons (Fsp3) is 0.526. The van der Waals surface area contributed by atoms with E-state index < -0.39 is 8.32 Å². The van der Waals surface area contributed by atoms with E-state index in [1.807, 2.05) is 4.57 Å². The molecule has 0 spiro atoms. The molecule has 0 saturated carbocycles. The zero-order chi connectivity index (χ0) is 18.4. The van der Waals surface area contributed by atoms with Gasteiger partial charge in [-0.1, -0.05) is 20.8 Å². The number of halogens is 1. The number of nitrogens with one attached hydrogen (secondary N) is 1. The van der Waals surface area contributed by atoms with Crippen molar-refractivity contribution in [2.75, 3.05) is 13.2 Å². The van der Waals surface area contributed by atoms with Gasteiger partial charge in [0.05, 0.1) is 0 Å². The third-order valence-electron chi connectivity index (χ3n) is 5.59. The number of hydrogen-bond acceptors (Lipinski definition) is 2. The Hall–Kier alpha value is -1.66. The molecule has 2 heterocycles. The molecule has 1 aliphatic rings. The molecule has 1 N–H and O–H groups in total. The van der Waals surface area contributed by atoms with E-state index in [0.717, 1.165) is 16.5 Å². The Morgan fingerprint density at radius 3 is 2.72 bits per heavy atom. The van der Waals surface area contributed by atoms with E-state index in [1.165, 1.54) is 12.1 Å². The summed E-state index contributed by atoms with van der Waals surface area (Å²) >= 11 is 0. The molecule has 0 atom stereocenters. The van der Waals surface area contributed by atoms with Gasteiger partial charge in [-0.3, -0.25) is 4.79 Å². The Morgan fingerprint density at radius 1 is 1.32 bits per heavy atom. The van der Waals surface area contributed by atoms with Crippen molar-refractivity contribution in [3.05, 3.63) is 35.3 Å². The van der Waals surface area contributed by atoms with Crippen LogP contribution in [0.3, 0.4) is 0 Å². The van der Waals surface area contributed by atoms with Crippen LogP contribution in [-0.2, 0) is 17.4 Å². The van der Waals surface area contributed by atoms with Crippen LogP contribution in [-0.4, -0.2) is 31.9 Å². The van der Waals surface area contributed by atoms with E-state index >= 15 is 0 Å². The summed E-state index contributed by atoms with van der Waals surface area (Å²) in [6, 6.07) is 4.76. The Kier molecular flexibility index (Phi) is 4.53. The first-order valence-corrected chi connectivity index (χ1v) is 11.8. The maximum atomic E-state index is 13.8. The lowest BCUT2D eigenvalue weighted by Gasteiger charge is -2.36. The van der Waals surface area contributed by atoms with Crippen molar-refractivity contribution < 1.29 is 13.6 Å². The van der Waals surface area contributed by atoms with Crippen LogP contribution in [0.1, 0.15) is 36.8 Å². The van der Waals surface area contributed by atoms with Crippen molar-refractivity contribution in [2.45, 2.75) is 51.9 Å². The van der Waals surface area contributed by atoms with Crippen LogP contribution in [0.15, 0.2) is 18.2 Å². The average molecular weight is 363 g/mol. The van der Waals surface area contributed by atoms with Gasteiger partial charge in [0.1, 0.15) is 11.5 Å². The van der Waals surface area contributed by atoms with Gasteiger partial charge in [-0.2, -0.15) is 0 Å². The predicted molar refractivity (Wildman–Crippen MR) is 101 cm³/mol. The Balaban J connectivity index is 1.94. The normalized spacial score (nSPS) is 15.4. The molecule has 1 aromatic heterocycles. The van der Waals surface area contributed by atoms with Gasteiger partial charge >= 0.3 is 0 Å². The second-order valence-electron chi connectivity index (χ2n) is 8.25. The minimum Gasteiger partial charge on any atom is -0.416 e. The molecule has 0 saturated heterocycles. The molecular weight excluding hydrogens is 335 g/mol. The first kappa shape index (κ1) is 18.1. The van der Waals surface area contributed by atoms with Crippen LogP contribution in [0.5, 0.6) is 0 Å². The largest absolute Gasteiger partial charge is 0.416 e. The summed E-state index contributed by atoms with van der Waals surface area (Å²) in [6.45, 7) is 12.9. The summed E-state index contributed by atoms with van der Waals surface area (Å²) in [7, 11) is -1.85. The Labute approximate surface area is 149 Å².